The summed E-state index contributed by atoms with van der Waals surface area (Å²) in [4.78, 5) is 18.7. The molecule has 30 heavy (non-hydrogen) atoms. The van der Waals surface area contributed by atoms with Crippen LogP contribution in [0, 0.1) is 11.6 Å². The fourth-order valence-electron chi connectivity index (χ4n) is 3.20. The van der Waals surface area contributed by atoms with Gasteiger partial charge in [0.15, 0.2) is 4.90 Å². The van der Waals surface area contributed by atoms with Crippen LogP contribution in [-0.4, -0.2) is 54.7 Å². The van der Waals surface area contributed by atoms with Crippen molar-refractivity contribution in [1.29, 1.82) is 0 Å². The molecule has 1 aromatic carbocycles. The predicted octanol–water partition coefficient (Wildman–Crippen LogP) is 3.23. The van der Waals surface area contributed by atoms with Crippen LogP contribution in [0.1, 0.15) is 5.69 Å². The molecule has 158 valence electrons. The number of piperazine rings is 1. The fourth-order valence-corrected chi connectivity index (χ4v) is 6.37. The second-order valence-corrected chi connectivity index (χ2v) is 10.3. The Morgan fingerprint density at radius 3 is 2.37 bits per heavy atom. The maximum Gasteiger partial charge on any atom is 0.249 e. The quantitative estimate of drug-likeness (QED) is 0.575. The molecule has 0 atom stereocenters. The Bertz CT molecular complexity index is 1130. The molecule has 1 saturated heterocycles. The highest BCUT2D eigenvalue weighted by molar-refractivity contribution is 7.89. The first-order valence-electron chi connectivity index (χ1n) is 9.06. The van der Waals surface area contributed by atoms with Crippen molar-refractivity contribution in [2.75, 3.05) is 26.2 Å². The van der Waals surface area contributed by atoms with Gasteiger partial charge >= 0.3 is 0 Å². The number of amides is 1. The fraction of sp³-hybridized carbons (Fsp3) is 0.263. The number of carbonyl (C=O) groups is 1. The Labute approximate surface area is 180 Å². The van der Waals surface area contributed by atoms with Crippen LogP contribution in [0.25, 0.3) is 9.88 Å². The average Bonchev–Trinajstić information content (AvgIpc) is 3.39. The smallest absolute Gasteiger partial charge is 0.249 e. The van der Waals surface area contributed by atoms with E-state index in [2.05, 4.69) is 4.98 Å². The van der Waals surface area contributed by atoms with Crippen LogP contribution < -0.4 is 0 Å². The summed E-state index contributed by atoms with van der Waals surface area (Å²) < 4.78 is 54.2. The van der Waals surface area contributed by atoms with E-state index in [1.54, 1.807) is 16.2 Å². The van der Waals surface area contributed by atoms with Gasteiger partial charge in [0.2, 0.25) is 15.9 Å². The van der Waals surface area contributed by atoms with Gasteiger partial charge < -0.3 is 4.90 Å². The standard InChI is InChI=1S/C19H17F2N3O3S3/c20-14-3-1-4-15(21)18(14)30(26,27)24-8-6-23(7-9-24)17(25)11-13-12-29-19(22-13)16-5-2-10-28-16/h1-5,10,12H,6-9,11H2. The third-order valence-corrected chi connectivity index (χ3v) is 8.61. The molecule has 0 radical (unpaired) electrons. The first kappa shape index (κ1) is 21.0. The average molecular weight is 470 g/mol. The molecule has 11 heteroatoms. The van der Waals surface area contributed by atoms with Gasteiger partial charge in [0, 0.05) is 31.6 Å². The molecule has 1 fully saturated rings. The van der Waals surface area contributed by atoms with Crippen molar-refractivity contribution >= 4 is 38.6 Å². The van der Waals surface area contributed by atoms with E-state index >= 15 is 0 Å². The van der Waals surface area contributed by atoms with E-state index in [1.165, 1.54) is 11.3 Å². The molecule has 3 heterocycles. The van der Waals surface area contributed by atoms with Crippen molar-refractivity contribution in [3.05, 3.63) is 58.4 Å². The number of thiophene rings is 1. The van der Waals surface area contributed by atoms with Gasteiger partial charge in [-0.25, -0.2) is 22.2 Å². The third-order valence-electron chi connectivity index (χ3n) is 4.72. The van der Waals surface area contributed by atoms with E-state index < -0.39 is 26.6 Å². The van der Waals surface area contributed by atoms with Crippen molar-refractivity contribution in [1.82, 2.24) is 14.2 Å². The second kappa shape index (κ2) is 8.50. The van der Waals surface area contributed by atoms with Crippen molar-refractivity contribution in [3.63, 3.8) is 0 Å². The van der Waals surface area contributed by atoms with E-state index in [4.69, 9.17) is 0 Å². The lowest BCUT2D eigenvalue weighted by molar-refractivity contribution is -0.131. The second-order valence-electron chi connectivity index (χ2n) is 6.63. The molecule has 0 aliphatic carbocycles. The van der Waals surface area contributed by atoms with E-state index in [9.17, 15) is 22.0 Å². The predicted molar refractivity (Wildman–Crippen MR) is 111 cm³/mol. The lowest BCUT2D eigenvalue weighted by Gasteiger charge is -2.34. The SMILES string of the molecule is O=C(Cc1csc(-c2cccs2)n1)N1CCN(S(=O)(=O)c2c(F)cccc2F)CC1. The van der Waals surface area contributed by atoms with Gasteiger partial charge in [0.25, 0.3) is 0 Å². The lowest BCUT2D eigenvalue weighted by atomic mass is 10.2. The van der Waals surface area contributed by atoms with Crippen molar-refractivity contribution in [3.8, 4) is 9.88 Å². The summed E-state index contributed by atoms with van der Waals surface area (Å²) in [6, 6.07) is 6.84. The topological polar surface area (TPSA) is 70.6 Å². The number of aromatic nitrogens is 1. The largest absolute Gasteiger partial charge is 0.340 e. The summed E-state index contributed by atoms with van der Waals surface area (Å²) in [5, 5.41) is 4.66. The molecule has 0 bridgehead atoms. The number of nitrogens with zero attached hydrogens (tertiary/aromatic N) is 3. The molecule has 3 aromatic rings. The van der Waals surface area contributed by atoms with Crippen molar-refractivity contribution in [2.24, 2.45) is 0 Å². The van der Waals surface area contributed by atoms with Gasteiger partial charge in [-0.1, -0.05) is 12.1 Å². The van der Waals surface area contributed by atoms with E-state index in [0.717, 1.165) is 32.4 Å². The number of thiazole rings is 1. The molecule has 2 aromatic heterocycles. The molecule has 6 nitrogen and oxygen atoms in total. The Morgan fingerprint density at radius 2 is 1.73 bits per heavy atom. The van der Waals surface area contributed by atoms with Crippen LogP contribution in [0.2, 0.25) is 0 Å². The van der Waals surface area contributed by atoms with Crippen LogP contribution in [0.5, 0.6) is 0 Å². The highest BCUT2D eigenvalue weighted by atomic mass is 32.2. The van der Waals surface area contributed by atoms with Gasteiger partial charge in [0.05, 0.1) is 17.0 Å². The molecule has 1 aliphatic heterocycles. The molecule has 1 amide bonds. The van der Waals surface area contributed by atoms with Crippen LogP contribution >= 0.6 is 22.7 Å². The summed E-state index contributed by atoms with van der Waals surface area (Å²) in [6.45, 7) is 0.241. The molecule has 1 aliphatic rings. The summed E-state index contributed by atoms with van der Waals surface area (Å²) in [6.07, 6.45) is 0.122. The minimum atomic E-state index is -4.32. The highest BCUT2D eigenvalue weighted by Gasteiger charge is 2.34. The number of benzene rings is 1. The Balaban J connectivity index is 1.39. The molecule has 0 N–H and O–H groups in total. The van der Waals surface area contributed by atoms with Gasteiger partial charge in [-0.3, -0.25) is 4.79 Å². The van der Waals surface area contributed by atoms with Gasteiger partial charge in [0.1, 0.15) is 16.6 Å². The Hall–Kier alpha value is -2.21. The number of carbonyl (C=O) groups excluding carboxylic acids is 1. The van der Waals surface area contributed by atoms with Crippen LogP contribution in [0.3, 0.4) is 0 Å². The summed E-state index contributed by atoms with van der Waals surface area (Å²) in [7, 11) is -4.32. The highest BCUT2D eigenvalue weighted by Crippen LogP contribution is 2.28. The molecule has 0 saturated carbocycles. The van der Waals surface area contributed by atoms with E-state index in [1.807, 2.05) is 22.9 Å². The van der Waals surface area contributed by atoms with Crippen molar-refractivity contribution < 1.29 is 22.0 Å². The zero-order valence-electron chi connectivity index (χ0n) is 15.6. The monoisotopic (exact) mass is 469 g/mol. The number of halogens is 2. The number of sulfonamides is 1. The maximum atomic E-state index is 13.9. The minimum Gasteiger partial charge on any atom is -0.340 e. The van der Waals surface area contributed by atoms with Crippen molar-refractivity contribution in [2.45, 2.75) is 11.3 Å². The molecule has 0 spiro atoms. The zero-order chi connectivity index (χ0) is 21.3. The van der Waals surface area contributed by atoms with E-state index in [0.29, 0.717) is 5.69 Å². The molecular weight excluding hydrogens is 452 g/mol. The summed E-state index contributed by atoms with van der Waals surface area (Å²) in [5.41, 5.74) is 0.664. The Kier molecular flexibility index (Phi) is 5.96. The van der Waals surface area contributed by atoms with Crippen LogP contribution in [0.15, 0.2) is 46.0 Å². The number of hydrogen-bond acceptors (Lipinski definition) is 6. The summed E-state index contributed by atoms with van der Waals surface area (Å²) >= 11 is 3.05. The lowest BCUT2D eigenvalue weighted by Crippen LogP contribution is -2.51. The maximum absolute atomic E-state index is 13.9. The third kappa shape index (κ3) is 4.15. The van der Waals surface area contributed by atoms with Gasteiger partial charge in [-0.15, -0.1) is 22.7 Å². The number of hydrogen-bond donors (Lipinski definition) is 0. The molecular formula is C19H17F2N3O3S3. The first-order valence-corrected chi connectivity index (χ1v) is 12.3. The Morgan fingerprint density at radius 1 is 1.03 bits per heavy atom. The van der Waals surface area contributed by atoms with Crippen LogP contribution in [-0.2, 0) is 21.2 Å². The minimum absolute atomic E-state index is 0.0284. The molecule has 4 rings (SSSR count). The zero-order valence-corrected chi connectivity index (χ0v) is 18.1. The number of rotatable bonds is 5. The molecule has 0 unspecified atom stereocenters. The van der Waals surface area contributed by atoms with Gasteiger partial charge in [-0.05, 0) is 23.6 Å². The van der Waals surface area contributed by atoms with Gasteiger partial charge in [-0.2, -0.15) is 4.31 Å². The van der Waals surface area contributed by atoms with Crippen LogP contribution in [0.4, 0.5) is 8.78 Å². The summed E-state index contributed by atoms with van der Waals surface area (Å²) in [5.74, 6) is -2.41. The van der Waals surface area contributed by atoms with E-state index in [-0.39, 0.29) is 38.5 Å². The first-order chi connectivity index (χ1) is 14.4. The normalized spacial score (nSPS) is 15.5.